The molecule has 0 bridgehead atoms. The van der Waals surface area contributed by atoms with E-state index in [9.17, 15) is 0 Å². The summed E-state index contributed by atoms with van der Waals surface area (Å²) >= 11 is 0. The largest absolute Gasteiger partial charge is 0.374 e. The quantitative estimate of drug-likeness (QED) is 0.814. The van der Waals surface area contributed by atoms with Gasteiger partial charge in [0.25, 0.3) is 0 Å². The number of aryl methyl sites for hydroxylation is 1. The minimum Gasteiger partial charge on any atom is -0.374 e. The summed E-state index contributed by atoms with van der Waals surface area (Å²) in [4.78, 5) is 2.33. The summed E-state index contributed by atoms with van der Waals surface area (Å²) in [6.07, 6.45) is 2.58. The zero-order valence-electron chi connectivity index (χ0n) is 9.66. The topological polar surface area (TPSA) is 29.3 Å². The van der Waals surface area contributed by atoms with Gasteiger partial charge in [0, 0.05) is 24.7 Å². The standard InChI is InChI=1S/C13H20N2/c1-11-4-3-5-12(8-11)15(2)10-13(9-14)6-7-13/h3-5,8H,6-7,9-10,14H2,1-2H3. The lowest BCUT2D eigenvalue weighted by Gasteiger charge is -2.25. The number of nitrogens with zero attached hydrogens (tertiary/aromatic N) is 1. The molecule has 2 nitrogen and oxygen atoms in total. The van der Waals surface area contributed by atoms with Crippen molar-refractivity contribution in [2.24, 2.45) is 11.1 Å². The van der Waals surface area contributed by atoms with Crippen molar-refractivity contribution in [1.82, 2.24) is 0 Å². The van der Waals surface area contributed by atoms with E-state index in [2.05, 4.69) is 43.1 Å². The molecule has 1 aromatic rings. The van der Waals surface area contributed by atoms with Gasteiger partial charge in [-0.1, -0.05) is 12.1 Å². The van der Waals surface area contributed by atoms with Crippen molar-refractivity contribution in [2.45, 2.75) is 19.8 Å². The van der Waals surface area contributed by atoms with Crippen molar-refractivity contribution in [3.05, 3.63) is 29.8 Å². The van der Waals surface area contributed by atoms with E-state index in [0.717, 1.165) is 13.1 Å². The van der Waals surface area contributed by atoms with Gasteiger partial charge in [-0.25, -0.2) is 0 Å². The molecule has 0 heterocycles. The first-order chi connectivity index (χ1) is 7.15. The fourth-order valence-corrected chi connectivity index (χ4v) is 2.06. The molecular formula is C13H20N2. The van der Waals surface area contributed by atoms with Crippen molar-refractivity contribution >= 4 is 5.69 Å². The number of hydrogen-bond donors (Lipinski definition) is 1. The first-order valence-electron chi connectivity index (χ1n) is 5.63. The van der Waals surface area contributed by atoms with Gasteiger partial charge < -0.3 is 10.6 Å². The lowest BCUT2D eigenvalue weighted by molar-refractivity contribution is 0.523. The van der Waals surface area contributed by atoms with Crippen LogP contribution in [0.25, 0.3) is 0 Å². The van der Waals surface area contributed by atoms with Crippen molar-refractivity contribution < 1.29 is 0 Å². The molecular weight excluding hydrogens is 184 g/mol. The summed E-state index contributed by atoms with van der Waals surface area (Å²) in [7, 11) is 2.16. The van der Waals surface area contributed by atoms with E-state index in [1.165, 1.54) is 24.1 Å². The van der Waals surface area contributed by atoms with Crippen LogP contribution in [-0.2, 0) is 0 Å². The molecule has 15 heavy (non-hydrogen) atoms. The lowest BCUT2D eigenvalue weighted by atomic mass is 10.1. The zero-order chi connectivity index (χ0) is 10.9. The molecule has 0 aliphatic heterocycles. The van der Waals surface area contributed by atoms with E-state index in [1.54, 1.807) is 0 Å². The third kappa shape index (κ3) is 2.32. The predicted molar refractivity (Wildman–Crippen MR) is 65.2 cm³/mol. The molecule has 1 fully saturated rings. The smallest absolute Gasteiger partial charge is 0.0366 e. The highest BCUT2D eigenvalue weighted by Gasteiger charge is 2.41. The van der Waals surface area contributed by atoms with Gasteiger partial charge in [0.2, 0.25) is 0 Å². The Morgan fingerprint density at radius 1 is 1.40 bits per heavy atom. The number of rotatable bonds is 4. The molecule has 0 radical (unpaired) electrons. The molecule has 0 unspecified atom stereocenters. The van der Waals surface area contributed by atoms with Crippen LogP contribution in [0.4, 0.5) is 5.69 Å². The average molecular weight is 204 g/mol. The Morgan fingerprint density at radius 2 is 2.13 bits per heavy atom. The minimum absolute atomic E-state index is 0.415. The second-order valence-corrected chi connectivity index (χ2v) is 4.90. The molecule has 0 atom stereocenters. The van der Waals surface area contributed by atoms with Crippen molar-refractivity contribution in [3.63, 3.8) is 0 Å². The lowest BCUT2D eigenvalue weighted by Crippen LogP contribution is -2.31. The SMILES string of the molecule is Cc1cccc(N(C)CC2(CN)CC2)c1. The van der Waals surface area contributed by atoms with Crippen LogP contribution >= 0.6 is 0 Å². The summed E-state index contributed by atoms with van der Waals surface area (Å²) in [6.45, 7) is 4.04. The van der Waals surface area contributed by atoms with Gasteiger partial charge in [0.05, 0.1) is 0 Å². The molecule has 0 amide bonds. The van der Waals surface area contributed by atoms with Gasteiger partial charge in [-0.05, 0) is 44.0 Å². The third-order valence-electron chi connectivity index (χ3n) is 3.41. The van der Waals surface area contributed by atoms with E-state index in [1.807, 2.05) is 0 Å². The molecule has 2 heteroatoms. The Labute approximate surface area is 92.1 Å². The molecule has 2 N–H and O–H groups in total. The molecule has 0 saturated heterocycles. The maximum Gasteiger partial charge on any atom is 0.0366 e. The number of benzene rings is 1. The summed E-state index contributed by atoms with van der Waals surface area (Å²) in [6, 6.07) is 8.64. The zero-order valence-corrected chi connectivity index (χ0v) is 9.66. The maximum absolute atomic E-state index is 5.80. The van der Waals surface area contributed by atoms with Crippen LogP contribution in [0.5, 0.6) is 0 Å². The molecule has 1 aliphatic carbocycles. The highest BCUT2D eigenvalue weighted by atomic mass is 15.1. The molecule has 0 spiro atoms. The van der Waals surface area contributed by atoms with Gasteiger partial charge >= 0.3 is 0 Å². The van der Waals surface area contributed by atoms with Crippen LogP contribution in [0, 0.1) is 12.3 Å². The average Bonchev–Trinajstić information content (AvgIpc) is 2.98. The van der Waals surface area contributed by atoms with Gasteiger partial charge in [-0.15, -0.1) is 0 Å². The van der Waals surface area contributed by atoms with Crippen LogP contribution in [0.3, 0.4) is 0 Å². The second-order valence-electron chi connectivity index (χ2n) is 4.90. The summed E-state index contributed by atoms with van der Waals surface area (Å²) in [5.74, 6) is 0. The maximum atomic E-state index is 5.80. The van der Waals surface area contributed by atoms with Crippen molar-refractivity contribution in [2.75, 3.05) is 25.0 Å². The summed E-state index contributed by atoms with van der Waals surface area (Å²) < 4.78 is 0. The van der Waals surface area contributed by atoms with Gasteiger partial charge in [0.15, 0.2) is 0 Å². The molecule has 1 aliphatic rings. The Hall–Kier alpha value is -1.02. The number of anilines is 1. The van der Waals surface area contributed by atoms with E-state index in [4.69, 9.17) is 5.73 Å². The van der Waals surface area contributed by atoms with Gasteiger partial charge in [-0.2, -0.15) is 0 Å². The first kappa shape index (κ1) is 10.5. The monoisotopic (exact) mass is 204 g/mol. The number of nitrogens with two attached hydrogens (primary N) is 1. The van der Waals surface area contributed by atoms with E-state index in [0.29, 0.717) is 5.41 Å². The van der Waals surface area contributed by atoms with Crippen LogP contribution in [0.15, 0.2) is 24.3 Å². The van der Waals surface area contributed by atoms with Crippen LogP contribution < -0.4 is 10.6 Å². The highest BCUT2D eigenvalue weighted by molar-refractivity contribution is 5.48. The molecule has 1 saturated carbocycles. The predicted octanol–water partition coefficient (Wildman–Crippen LogP) is 2.17. The Morgan fingerprint density at radius 3 is 2.67 bits per heavy atom. The third-order valence-corrected chi connectivity index (χ3v) is 3.41. The second kappa shape index (κ2) is 3.86. The summed E-state index contributed by atoms with van der Waals surface area (Å²) in [5.41, 5.74) is 8.83. The fourth-order valence-electron chi connectivity index (χ4n) is 2.06. The van der Waals surface area contributed by atoms with Gasteiger partial charge in [0.1, 0.15) is 0 Å². The van der Waals surface area contributed by atoms with E-state index >= 15 is 0 Å². The van der Waals surface area contributed by atoms with Crippen LogP contribution in [0.2, 0.25) is 0 Å². The minimum atomic E-state index is 0.415. The fraction of sp³-hybridized carbons (Fsp3) is 0.538. The molecule has 1 aromatic carbocycles. The first-order valence-corrected chi connectivity index (χ1v) is 5.63. The normalized spacial score (nSPS) is 17.5. The van der Waals surface area contributed by atoms with E-state index in [-0.39, 0.29) is 0 Å². The van der Waals surface area contributed by atoms with E-state index < -0.39 is 0 Å². The van der Waals surface area contributed by atoms with Crippen molar-refractivity contribution in [1.29, 1.82) is 0 Å². The Balaban J connectivity index is 2.04. The van der Waals surface area contributed by atoms with Crippen LogP contribution in [-0.4, -0.2) is 20.1 Å². The van der Waals surface area contributed by atoms with Gasteiger partial charge in [-0.3, -0.25) is 0 Å². The molecule has 0 aromatic heterocycles. The number of hydrogen-bond acceptors (Lipinski definition) is 2. The van der Waals surface area contributed by atoms with Crippen LogP contribution in [0.1, 0.15) is 18.4 Å². The molecule has 2 rings (SSSR count). The molecule has 82 valence electrons. The van der Waals surface area contributed by atoms with Crippen molar-refractivity contribution in [3.8, 4) is 0 Å². The Bertz CT molecular complexity index is 342. The summed E-state index contributed by atoms with van der Waals surface area (Å²) in [5, 5.41) is 0. The highest BCUT2D eigenvalue weighted by Crippen LogP contribution is 2.45. The Kier molecular flexibility index (Phi) is 2.70.